The molecule has 0 aliphatic rings. The topological polar surface area (TPSA) is 56.0 Å². The van der Waals surface area contributed by atoms with Gasteiger partial charge in [0.05, 0.1) is 11.9 Å². The normalized spacial score (nSPS) is 11.4. The molecule has 5 nitrogen and oxygen atoms in total. The molecule has 8 heteroatoms. The highest BCUT2D eigenvalue weighted by Gasteiger charge is 2.13. The van der Waals surface area contributed by atoms with Crippen LogP contribution in [-0.4, -0.2) is 24.6 Å². The van der Waals surface area contributed by atoms with Gasteiger partial charge < -0.3 is 0 Å². The summed E-state index contributed by atoms with van der Waals surface area (Å²) < 4.78 is 26.6. The molecule has 0 spiro atoms. The highest BCUT2D eigenvalue weighted by atomic mass is 35.5. The fourth-order valence-corrected chi connectivity index (χ4v) is 1.80. The molecule has 0 fully saturated rings. The molecule has 3 aromatic rings. The highest BCUT2D eigenvalue weighted by Crippen LogP contribution is 2.22. The Bertz CT molecular complexity index is 743. The summed E-state index contributed by atoms with van der Waals surface area (Å²) >= 11 is 5.77. The van der Waals surface area contributed by atoms with Crippen LogP contribution in [0.5, 0.6) is 0 Å². The van der Waals surface area contributed by atoms with Crippen molar-refractivity contribution in [3.8, 4) is 11.4 Å². The first-order valence-electron chi connectivity index (χ1n) is 5.26. The van der Waals surface area contributed by atoms with Crippen molar-refractivity contribution < 1.29 is 8.78 Å². The molecule has 0 aromatic carbocycles. The molecule has 0 N–H and O–H groups in total. The number of rotatable bonds is 2. The van der Waals surface area contributed by atoms with Crippen molar-refractivity contribution in [3.05, 3.63) is 41.6 Å². The van der Waals surface area contributed by atoms with Crippen molar-refractivity contribution in [2.24, 2.45) is 0 Å². The first-order valence-corrected chi connectivity index (χ1v) is 5.64. The Labute approximate surface area is 110 Å². The Balaban J connectivity index is 2.21. The summed E-state index contributed by atoms with van der Waals surface area (Å²) in [5.74, 6) is 0. The maximum absolute atomic E-state index is 12.7. The molecule has 96 valence electrons. The van der Waals surface area contributed by atoms with E-state index >= 15 is 0 Å². The molecule has 0 atom stereocenters. The van der Waals surface area contributed by atoms with Gasteiger partial charge in [0.15, 0.2) is 5.65 Å². The van der Waals surface area contributed by atoms with E-state index < -0.39 is 6.43 Å². The molecular weight excluding hydrogens is 276 g/mol. The lowest BCUT2D eigenvalue weighted by Crippen LogP contribution is -2.00. The van der Waals surface area contributed by atoms with Crippen molar-refractivity contribution in [3.63, 3.8) is 0 Å². The molecule has 0 aliphatic heterocycles. The van der Waals surface area contributed by atoms with E-state index in [4.69, 9.17) is 11.6 Å². The molecule has 0 radical (unpaired) electrons. The second-order valence-corrected chi connectivity index (χ2v) is 4.09. The number of nitrogens with zero attached hydrogens (tertiary/aromatic N) is 5. The average Bonchev–Trinajstić information content (AvgIpc) is 2.81. The minimum atomic E-state index is -2.64. The van der Waals surface area contributed by atoms with Gasteiger partial charge in [-0.15, -0.1) is 0 Å². The van der Waals surface area contributed by atoms with E-state index in [-0.39, 0.29) is 10.8 Å². The summed E-state index contributed by atoms with van der Waals surface area (Å²) in [6, 6.07) is 4.23. The quantitative estimate of drug-likeness (QED) is 0.678. The third kappa shape index (κ3) is 2.12. The van der Waals surface area contributed by atoms with Crippen LogP contribution >= 0.6 is 11.6 Å². The van der Waals surface area contributed by atoms with E-state index in [1.165, 1.54) is 35.2 Å². The van der Waals surface area contributed by atoms with Crippen molar-refractivity contribution in [2.45, 2.75) is 6.43 Å². The molecule has 19 heavy (non-hydrogen) atoms. The number of alkyl halides is 2. The highest BCUT2D eigenvalue weighted by molar-refractivity contribution is 6.29. The van der Waals surface area contributed by atoms with Gasteiger partial charge in [-0.05, 0) is 12.1 Å². The maximum Gasteiger partial charge on any atom is 0.282 e. The largest absolute Gasteiger partial charge is 0.282 e. The zero-order chi connectivity index (χ0) is 13.4. The third-order valence-electron chi connectivity index (χ3n) is 2.50. The number of aromatic nitrogens is 5. The summed E-state index contributed by atoms with van der Waals surface area (Å²) in [6.07, 6.45) is 0.137. The summed E-state index contributed by atoms with van der Waals surface area (Å²) in [4.78, 5) is 11.9. The van der Waals surface area contributed by atoms with E-state index in [1.807, 2.05) is 0 Å². The van der Waals surface area contributed by atoms with Crippen LogP contribution in [-0.2, 0) is 0 Å². The van der Waals surface area contributed by atoms with Gasteiger partial charge in [0, 0.05) is 6.07 Å². The van der Waals surface area contributed by atoms with Crippen LogP contribution in [0.15, 0.2) is 30.7 Å². The molecular formula is C11H6ClF2N5. The monoisotopic (exact) mass is 281 g/mol. The second kappa shape index (κ2) is 4.51. The lowest BCUT2D eigenvalue weighted by atomic mass is 10.3. The summed E-state index contributed by atoms with van der Waals surface area (Å²) in [7, 11) is 0. The fourth-order valence-electron chi connectivity index (χ4n) is 1.65. The van der Waals surface area contributed by atoms with Gasteiger partial charge in [0.1, 0.15) is 22.9 Å². The predicted molar refractivity (Wildman–Crippen MR) is 64.0 cm³/mol. The Hall–Kier alpha value is -2.15. The number of halogens is 3. The molecule has 0 bridgehead atoms. The standard InChI is InChI=1S/C11H6ClF2N5/c12-9-3-7(16-5-17-9)8-4-15-10-2-1-6(11(13)14)18-19(8)10/h1-5,11H. The van der Waals surface area contributed by atoms with Crippen LogP contribution in [0, 0.1) is 0 Å². The maximum atomic E-state index is 12.7. The van der Waals surface area contributed by atoms with Crippen LogP contribution in [0.4, 0.5) is 8.78 Å². The van der Waals surface area contributed by atoms with Gasteiger partial charge in [0.25, 0.3) is 6.43 Å². The Morgan fingerprint density at radius 1 is 1.16 bits per heavy atom. The summed E-state index contributed by atoms with van der Waals surface area (Å²) in [5.41, 5.74) is 1.06. The van der Waals surface area contributed by atoms with Crippen molar-refractivity contribution in [1.82, 2.24) is 24.6 Å². The molecule has 0 saturated heterocycles. The third-order valence-corrected chi connectivity index (χ3v) is 2.71. The molecule has 3 rings (SSSR count). The van der Waals surface area contributed by atoms with E-state index in [0.29, 0.717) is 17.0 Å². The number of imidazole rings is 1. The Morgan fingerprint density at radius 3 is 2.74 bits per heavy atom. The zero-order valence-corrected chi connectivity index (χ0v) is 10.1. The van der Waals surface area contributed by atoms with Crippen LogP contribution in [0.25, 0.3) is 17.0 Å². The fraction of sp³-hybridized carbons (Fsp3) is 0.0909. The minimum Gasteiger partial charge on any atom is -0.235 e. The van der Waals surface area contributed by atoms with Crippen LogP contribution in [0.1, 0.15) is 12.1 Å². The van der Waals surface area contributed by atoms with E-state index in [1.54, 1.807) is 0 Å². The second-order valence-electron chi connectivity index (χ2n) is 3.70. The Kier molecular flexibility index (Phi) is 2.83. The SMILES string of the molecule is FC(F)c1ccc2ncc(-c3cc(Cl)ncn3)n2n1. The number of fused-ring (bicyclic) bond motifs is 1. The average molecular weight is 282 g/mol. The van der Waals surface area contributed by atoms with Crippen molar-refractivity contribution in [1.29, 1.82) is 0 Å². The lowest BCUT2D eigenvalue weighted by molar-refractivity contribution is 0.144. The van der Waals surface area contributed by atoms with Crippen LogP contribution in [0.3, 0.4) is 0 Å². The smallest absolute Gasteiger partial charge is 0.235 e. The summed E-state index contributed by atoms with van der Waals surface area (Å²) in [6.45, 7) is 0. The number of hydrogen-bond acceptors (Lipinski definition) is 4. The zero-order valence-electron chi connectivity index (χ0n) is 9.33. The molecule has 0 unspecified atom stereocenters. The van der Waals surface area contributed by atoms with Crippen LogP contribution < -0.4 is 0 Å². The van der Waals surface area contributed by atoms with Gasteiger partial charge in [-0.1, -0.05) is 11.6 Å². The first kappa shape index (κ1) is 11.9. The van der Waals surface area contributed by atoms with Crippen LogP contribution in [0.2, 0.25) is 5.15 Å². The van der Waals surface area contributed by atoms with Crippen molar-refractivity contribution in [2.75, 3.05) is 0 Å². The molecule has 3 aromatic heterocycles. The molecule has 0 aliphatic carbocycles. The predicted octanol–water partition coefficient (Wildman–Crippen LogP) is 2.78. The van der Waals surface area contributed by atoms with Gasteiger partial charge in [0.2, 0.25) is 0 Å². The van der Waals surface area contributed by atoms with Crippen molar-refractivity contribution >= 4 is 17.2 Å². The van der Waals surface area contributed by atoms with Gasteiger partial charge >= 0.3 is 0 Å². The summed E-state index contributed by atoms with van der Waals surface area (Å²) in [5, 5.41) is 4.10. The van der Waals surface area contributed by atoms with E-state index in [0.717, 1.165) is 0 Å². The van der Waals surface area contributed by atoms with Gasteiger partial charge in [-0.25, -0.2) is 28.2 Å². The van der Waals surface area contributed by atoms with E-state index in [9.17, 15) is 8.78 Å². The van der Waals surface area contributed by atoms with E-state index in [2.05, 4.69) is 20.1 Å². The number of hydrogen-bond donors (Lipinski definition) is 0. The lowest BCUT2D eigenvalue weighted by Gasteiger charge is -2.03. The Morgan fingerprint density at radius 2 is 2.00 bits per heavy atom. The molecule has 0 amide bonds. The molecule has 0 saturated carbocycles. The minimum absolute atomic E-state index is 0.255. The van der Waals surface area contributed by atoms with Gasteiger partial charge in [-0.2, -0.15) is 5.10 Å². The van der Waals surface area contributed by atoms with Gasteiger partial charge in [-0.3, -0.25) is 0 Å². The first-order chi connectivity index (χ1) is 9.15. The molecule has 3 heterocycles.